The zero-order valence-electron chi connectivity index (χ0n) is 23.1. The van der Waals surface area contributed by atoms with Crippen molar-refractivity contribution in [1.82, 2.24) is 14.5 Å². The van der Waals surface area contributed by atoms with Gasteiger partial charge in [0.05, 0.1) is 12.6 Å². The molecule has 212 valence electrons. The zero-order valence-corrected chi connectivity index (χ0v) is 23.1. The fraction of sp³-hybridized carbons (Fsp3) is 0.333. The highest BCUT2D eigenvalue weighted by Crippen LogP contribution is 2.30. The molecular weight excluding hydrogens is 526 g/mol. The van der Waals surface area contributed by atoms with Gasteiger partial charge in [0.2, 0.25) is 5.88 Å². The lowest BCUT2D eigenvalue weighted by atomic mass is 10.00. The SMILES string of the molecule is COc1cc(C(=O)c2cc(C)c3c(c2)oc(=O)n3C)cc(N2CCC(N3CCc4cc(O)ccc4NC3=O)CC2)n1. The smallest absolute Gasteiger partial charge is 0.419 e. The van der Waals surface area contributed by atoms with Gasteiger partial charge in [-0.3, -0.25) is 9.36 Å². The Labute approximate surface area is 236 Å². The van der Waals surface area contributed by atoms with Crippen LogP contribution in [0.25, 0.3) is 11.1 Å². The Morgan fingerprint density at radius 3 is 2.59 bits per heavy atom. The average Bonchev–Trinajstić information content (AvgIpc) is 3.16. The standard InChI is InChI=1S/C30H31N5O6/c1-17-12-19(14-24-27(17)33(2)30(39)41-24)28(37)20-15-25(32-26(16-20)40-3)34-9-7-21(8-10-34)35-11-6-18-13-22(36)4-5-23(18)31-29(35)38/h4-5,12-16,21,36H,6-11H2,1-3H3,(H,31,38). The normalized spacial score (nSPS) is 15.9. The van der Waals surface area contributed by atoms with Crippen molar-refractivity contribution in [2.45, 2.75) is 32.2 Å². The molecule has 0 aliphatic carbocycles. The fourth-order valence-electron chi connectivity index (χ4n) is 5.89. The van der Waals surface area contributed by atoms with E-state index < -0.39 is 5.76 Å². The number of hydrogen-bond acceptors (Lipinski definition) is 8. The number of nitrogens with one attached hydrogen (secondary N) is 1. The Bertz CT molecular complexity index is 1730. The predicted octanol–water partition coefficient (Wildman–Crippen LogP) is 3.84. The van der Waals surface area contributed by atoms with E-state index in [1.54, 1.807) is 49.5 Å². The molecule has 0 atom stereocenters. The molecule has 2 aliphatic rings. The highest BCUT2D eigenvalue weighted by molar-refractivity contribution is 6.11. The van der Waals surface area contributed by atoms with Crippen molar-refractivity contribution in [2.75, 3.05) is 37.0 Å². The quantitative estimate of drug-likeness (QED) is 0.280. The van der Waals surface area contributed by atoms with Crippen molar-refractivity contribution >= 4 is 34.4 Å². The Kier molecular flexibility index (Phi) is 6.64. The Balaban J connectivity index is 1.20. The molecule has 1 fully saturated rings. The van der Waals surface area contributed by atoms with E-state index in [4.69, 9.17) is 9.15 Å². The van der Waals surface area contributed by atoms with Crippen LogP contribution in [0.3, 0.4) is 0 Å². The Hall–Kier alpha value is -4.80. The number of hydrogen-bond donors (Lipinski definition) is 2. The van der Waals surface area contributed by atoms with Gasteiger partial charge in [-0.25, -0.2) is 9.59 Å². The summed E-state index contributed by atoms with van der Waals surface area (Å²) in [6.45, 7) is 3.70. The van der Waals surface area contributed by atoms with Crippen LogP contribution in [0.4, 0.5) is 16.3 Å². The minimum absolute atomic E-state index is 0.0519. The molecule has 2 N–H and O–H groups in total. The first-order valence-electron chi connectivity index (χ1n) is 13.6. The number of rotatable bonds is 5. The van der Waals surface area contributed by atoms with Crippen LogP contribution in [0, 0.1) is 6.92 Å². The van der Waals surface area contributed by atoms with Crippen LogP contribution < -0.4 is 20.7 Å². The molecule has 0 saturated carbocycles. The summed E-state index contributed by atoms with van der Waals surface area (Å²) in [5.74, 6) is 0.421. The van der Waals surface area contributed by atoms with Crippen LogP contribution in [0.1, 0.15) is 39.9 Å². The molecule has 0 bridgehead atoms. The van der Waals surface area contributed by atoms with Crippen molar-refractivity contribution in [1.29, 1.82) is 0 Å². The second-order valence-electron chi connectivity index (χ2n) is 10.6. The largest absolute Gasteiger partial charge is 0.508 e. The van der Waals surface area contributed by atoms with E-state index in [9.17, 15) is 19.5 Å². The number of amides is 2. The number of fused-ring (bicyclic) bond motifs is 2. The molecule has 6 rings (SSSR count). The second kappa shape index (κ2) is 10.3. The van der Waals surface area contributed by atoms with Gasteiger partial charge in [0.15, 0.2) is 11.4 Å². The van der Waals surface area contributed by atoms with E-state index in [1.807, 2.05) is 11.8 Å². The van der Waals surface area contributed by atoms with Crippen molar-refractivity contribution in [3.63, 3.8) is 0 Å². The van der Waals surface area contributed by atoms with E-state index in [0.717, 1.165) is 29.7 Å². The number of carbonyl (C=O) groups excluding carboxylic acids is 2. The van der Waals surface area contributed by atoms with Crippen LogP contribution in [-0.2, 0) is 13.5 Å². The highest BCUT2D eigenvalue weighted by atomic mass is 16.5. The van der Waals surface area contributed by atoms with Gasteiger partial charge in [-0.15, -0.1) is 0 Å². The summed E-state index contributed by atoms with van der Waals surface area (Å²) in [6.07, 6.45) is 2.13. The second-order valence-corrected chi connectivity index (χ2v) is 10.6. The molecule has 4 aromatic rings. The maximum atomic E-state index is 13.6. The number of carbonyl (C=O) groups is 2. The topological polar surface area (TPSA) is 130 Å². The van der Waals surface area contributed by atoms with Crippen LogP contribution in [0.2, 0.25) is 0 Å². The number of phenols is 1. The third kappa shape index (κ3) is 4.88. The number of phenolic OH excluding ortho intramolecular Hbond substituents is 1. The molecule has 11 heteroatoms. The molecule has 2 aliphatic heterocycles. The van der Waals surface area contributed by atoms with Gasteiger partial charge in [0, 0.05) is 55.6 Å². The number of oxazole rings is 1. The van der Waals surface area contributed by atoms with E-state index in [0.29, 0.717) is 60.0 Å². The van der Waals surface area contributed by atoms with Crippen molar-refractivity contribution in [2.24, 2.45) is 7.05 Å². The number of urea groups is 1. The first-order valence-corrected chi connectivity index (χ1v) is 13.6. The lowest BCUT2D eigenvalue weighted by Gasteiger charge is -2.38. The average molecular weight is 558 g/mol. The molecule has 41 heavy (non-hydrogen) atoms. The van der Waals surface area contributed by atoms with Crippen molar-refractivity contribution in [3.8, 4) is 11.6 Å². The fourth-order valence-corrected chi connectivity index (χ4v) is 5.89. The summed E-state index contributed by atoms with van der Waals surface area (Å²) in [6, 6.07) is 11.6. The number of aryl methyl sites for hydroxylation is 2. The monoisotopic (exact) mass is 557 g/mol. The van der Waals surface area contributed by atoms with Gasteiger partial charge in [0.25, 0.3) is 0 Å². The molecular formula is C30H31N5O6. The van der Waals surface area contributed by atoms with Crippen LogP contribution in [-0.4, -0.2) is 64.2 Å². The highest BCUT2D eigenvalue weighted by Gasteiger charge is 2.31. The van der Waals surface area contributed by atoms with E-state index in [-0.39, 0.29) is 23.6 Å². The number of pyridine rings is 1. The Morgan fingerprint density at radius 2 is 1.83 bits per heavy atom. The van der Waals surface area contributed by atoms with Crippen LogP contribution >= 0.6 is 0 Å². The molecule has 0 radical (unpaired) electrons. The summed E-state index contributed by atoms with van der Waals surface area (Å²) in [7, 11) is 3.15. The number of benzene rings is 2. The Morgan fingerprint density at radius 1 is 1.07 bits per heavy atom. The summed E-state index contributed by atoms with van der Waals surface area (Å²) in [4.78, 5) is 47.2. The number of anilines is 2. The number of aromatic nitrogens is 2. The third-order valence-corrected chi connectivity index (χ3v) is 8.04. The van der Waals surface area contributed by atoms with Gasteiger partial charge in [-0.1, -0.05) is 0 Å². The van der Waals surface area contributed by atoms with Crippen molar-refractivity contribution < 1.29 is 23.8 Å². The van der Waals surface area contributed by atoms with Crippen LogP contribution in [0.15, 0.2) is 51.7 Å². The zero-order chi connectivity index (χ0) is 28.8. The van der Waals surface area contributed by atoms with Gasteiger partial charge in [0.1, 0.15) is 11.6 Å². The molecule has 11 nitrogen and oxygen atoms in total. The molecule has 2 aromatic carbocycles. The van der Waals surface area contributed by atoms with Gasteiger partial charge < -0.3 is 29.4 Å². The molecule has 4 heterocycles. The number of ether oxygens (including phenoxy) is 1. The number of methoxy groups -OCH3 is 1. The summed E-state index contributed by atoms with van der Waals surface area (Å²) < 4.78 is 12.2. The molecule has 0 spiro atoms. The first kappa shape index (κ1) is 26.4. The number of piperidine rings is 1. The lowest BCUT2D eigenvalue weighted by molar-refractivity contribution is 0.103. The number of aromatic hydroxyl groups is 1. The third-order valence-electron chi connectivity index (χ3n) is 8.04. The van der Waals surface area contributed by atoms with E-state index >= 15 is 0 Å². The van der Waals surface area contributed by atoms with Gasteiger partial charge in [-0.2, -0.15) is 4.98 Å². The minimum atomic E-state index is -0.481. The molecule has 2 aromatic heterocycles. The molecule has 2 amide bonds. The lowest BCUT2D eigenvalue weighted by Crippen LogP contribution is -2.49. The first-order chi connectivity index (χ1) is 19.7. The maximum absolute atomic E-state index is 13.6. The summed E-state index contributed by atoms with van der Waals surface area (Å²) in [5.41, 5.74) is 4.25. The molecule has 1 saturated heterocycles. The van der Waals surface area contributed by atoms with E-state index in [2.05, 4.69) is 15.2 Å². The van der Waals surface area contributed by atoms with Gasteiger partial charge >= 0.3 is 11.8 Å². The van der Waals surface area contributed by atoms with Crippen molar-refractivity contribution in [3.05, 3.63) is 75.3 Å². The van der Waals surface area contributed by atoms with Crippen LogP contribution in [0.5, 0.6) is 11.6 Å². The predicted molar refractivity (Wildman–Crippen MR) is 153 cm³/mol. The van der Waals surface area contributed by atoms with E-state index in [1.165, 1.54) is 11.7 Å². The summed E-state index contributed by atoms with van der Waals surface area (Å²) in [5, 5.41) is 12.8. The number of nitrogens with zero attached hydrogens (tertiary/aromatic N) is 4. The summed E-state index contributed by atoms with van der Waals surface area (Å²) >= 11 is 0. The maximum Gasteiger partial charge on any atom is 0.419 e. The van der Waals surface area contributed by atoms with Gasteiger partial charge in [-0.05, 0) is 73.7 Å². The number of ketones is 1. The minimum Gasteiger partial charge on any atom is -0.508 e. The molecule has 0 unspecified atom stereocenters.